The van der Waals surface area contributed by atoms with Gasteiger partial charge in [-0.2, -0.15) is 0 Å². The number of thiazole rings is 2. The lowest BCUT2D eigenvalue weighted by Crippen LogP contribution is -2.30. The molecule has 0 N–H and O–H groups in total. The van der Waals surface area contributed by atoms with Gasteiger partial charge in [-0.1, -0.05) is 35.1 Å². The minimum absolute atomic E-state index is 0.224. The topological polar surface area (TPSA) is 68.5 Å². The van der Waals surface area contributed by atoms with Crippen LogP contribution in [0.3, 0.4) is 0 Å². The zero-order chi connectivity index (χ0) is 20.7. The van der Waals surface area contributed by atoms with Crippen molar-refractivity contribution in [2.45, 2.75) is 6.54 Å². The second-order valence-corrected chi connectivity index (χ2v) is 8.80. The molecular weight excluding hydrogens is 442 g/mol. The first kappa shape index (κ1) is 19.0. The number of amides is 1. The number of rotatable bonds is 5. The monoisotopic (exact) mass is 455 g/mol. The van der Waals surface area contributed by atoms with Crippen molar-refractivity contribution in [2.24, 2.45) is 0 Å². The Kier molecular flexibility index (Phi) is 4.90. The molecule has 0 saturated heterocycles. The maximum Gasteiger partial charge on any atom is 0.289 e. The zero-order valence-electron chi connectivity index (χ0n) is 15.7. The van der Waals surface area contributed by atoms with E-state index in [0.29, 0.717) is 32.2 Å². The largest absolute Gasteiger partial charge is 0.494 e. The summed E-state index contributed by atoms with van der Waals surface area (Å²) in [4.78, 5) is 24.2. The number of furan rings is 1. The maximum atomic E-state index is 13.5. The Bertz CT molecular complexity index is 1330. The Morgan fingerprint density at radius 2 is 2.00 bits per heavy atom. The molecular formula is C21H14ClN3O3S2. The van der Waals surface area contributed by atoms with Gasteiger partial charge in [-0.15, -0.1) is 11.3 Å². The first-order valence-corrected chi connectivity index (χ1v) is 11.0. The molecule has 0 unspecified atom stereocenters. The Labute approximate surface area is 184 Å². The predicted octanol–water partition coefficient (Wildman–Crippen LogP) is 6.01. The van der Waals surface area contributed by atoms with Crippen molar-refractivity contribution in [3.63, 3.8) is 0 Å². The summed E-state index contributed by atoms with van der Waals surface area (Å²) >= 11 is 9.06. The second kappa shape index (κ2) is 7.71. The van der Waals surface area contributed by atoms with E-state index in [0.717, 1.165) is 14.9 Å². The number of carbonyl (C=O) groups excluding carboxylic acids is 1. The normalized spacial score (nSPS) is 11.3. The maximum absolute atomic E-state index is 13.5. The summed E-state index contributed by atoms with van der Waals surface area (Å²) in [5.41, 5.74) is 1.41. The molecule has 2 aromatic carbocycles. The van der Waals surface area contributed by atoms with Crippen LogP contribution >= 0.6 is 34.3 Å². The fourth-order valence-electron chi connectivity index (χ4n) is 3.09. The van der Waals surface area contributed by atoms with Crippen LogP contribution in [0.15, 0.2) is 59.2 Å². The quantitative estimate of drug-likeness (QED) is 0.324. The number of hydrogen-bond donors (Lipinski definition) is 0. The van der Waals surface area contributed by atoms with Crippen LogP contribution in [0.1, 0.15) is 15.6 Å². The molecule has 3 heterocycles. The number of carbonyl (C=O) groups is 1. The Balaban J connectivity index is 1.62. The predicted molar refractivity (Wildman–Crippen MR) is 120 cm³/mol. The van der Waals surface area contributed by atoms with Crippen molar-refractivity contribution in [3.8, 4) is 5.75 Å². The molecule has 5 rings (SSSR count). The lowest BCUT2D eigenvalue weighted by atomic mass is 10.3. The minimum atomic E-state index is -0.248. The van der Waals surface area contributed by atoms with Gasteiger partial charge in [0.2, 0.25) is 0 Å². The molecule has 6 nitrogen and oxygen atoms in total. The average Bonchev–Trinajstić information content (AvgIpc) is 3.51. The summed E-state index contributed by atoms with van der Waals surface area (Å²) in [7, 11) is 1.58. The lowest BCUT2D eigenvalue weighted by molar-refractivity contribution is 0.0983. The van der Waals surface area contributed by atoms with Crippen molar-refractivity contribution < 1.29 is 13.9 Å². The van der Waals surface area contributed by atoms with Crippen LogP contribution in [0.5, 0.6) is 5.75 Å². The molecule has 0 aliphatic carbocycles. The van der Waals surface area contributed by atoms with Crippen molar-refractivity contribution >= 4 is 65.7 Å². The van der Waals surface area contributed by atoms with Gasteiger partial charge in [-0.05, 0) is 36.4 Å². The number of aromatic nitrogens is 2. The number of halogens is 1. The van der Waals surface area contributed by atoms with Crippen LogP contribution < -0.4 is 9.64 Å². The fraction of sp³-hybridized carbons (Fsp3) is 0.0952. The molecule has 3 aromatic heterocycles. The number of anilines is 1. The van der Waals surface area contributed by atoms with Crippen LogP contribution in [0.4, 0.5) is 5.13 Å². The molecule has 30 heavy (non-hydrogen) atoms. The summed E-state index contributed by atoms with van der Waals surface area (Å²) < 4.78 is 12.6. The third-order valence-electron chi connectivity index (χ3n) is 4.51. The molecule has 1 amide bonds. The number of ether oxygens (including phenoxy) is 1. The van der Waals surface area contributed by atoms with E-state index < -0.39 is 0 Å². The summed E-state index contributed by atoms with van der Waals surface area (Å²) in [6, 6.07) is 14.8. The van der Waals surface area contributed by atoms with Crippen molar-refractivity contribution in [2.75, 3.05) is 12.0 Å². The lowest BCUT2D eigenvalue weighted by Gasteiger charge is -2.17. The molecule has 0 fully saturated rings. The molecule has 5 aromatic rings. The fourth-order valence-corrected chi connectivity index (χ4v) is 5.25. The standard InChI is InChI=1S/C21H14ClN3O3S2/c1-27-15-9-8-13(22)18-17(15)24-21(30-18)25(11-12-5-4-10-28-12)20(26)19-23-14-6-2-3-7-16(14)29-19/h2-10H,11H2,1H3. The number of fused-ring (bicyclic) bond motifs is 2. The highest BCUT2D eigenvalue weighted by atomic mass is 35.5. The Morgan fingerprint density at radius 1 is 1.13 bits per heavy atom. The second-order valence-electron chi connectivity index (χ2n) is 6.38. The Morgan fingerprint density at radius 3 is 2.77 bits per heavy atom. The van der Waals surface area contributed by atoms with Gasteiger partial charge in [-0.3, -0.25) is 9.69 Å². The number of nitrogens with zero attached hydrogens (tertiary/aromatic N) is 3. The summed E-state index contributed by atoms with van der Waals surface area (Å²) in [5.74, 6) is 0.991. The van der Waals surface area contributed by atoms with E-state index in [1.807, 2.05) is 30.3 Å². The van der Waals surface area contributed by atoms with Gasteiger partial charge in [0, 0.05) is 0 Å². The molecule has 0 radical (unpaired) electrons. The highest BCUT2D eigenvalue weighted by Crippen LogP contribution is 2.39. The van der Waals surface area contributed by atoms with Crippen molar-refractivity contribution in [3.05, 3.63) is 70.6 Å². The van der Waals surface area contributed by atoms with Gasteiger partial charge < -0.3 is 9.15 Å². The molecule has 0 bridgehead atoms. The molecule has 9 heteroatoms. The van der Waals surface area contributed by atoms with Crippen LogP contribution in [-0.2, 0) is 6.54 Å². The van der Waals surface area contributed by atoms with Gasteiger partial charge in [0.1, 0.15) is 17.0 Å². The van der Waals surface area contributed by atoms with Gasteiger partial charge in [-0.25, -0.2) is 9.97 Å². The highest BCUT2D eigenvalue weighted by Gasteiger charge is 2.26. The van der Waals surface area contributed by atoms with E-state index in [9.17, 15) is 4.79 Å². The van der Waals surface area contributed by atoms with Gasteiger partial charge in [0.25, 0.3) is 5.91 Å². The van der Waals surface area contributed by atoms with E-state index in [-0.39, 0.29) is 12.5 Å². The van der Waals surface area contributed by atoms with E-state index in [2.05, 4.69) is 9.97 Å². The number of benzene rings is 2. The van der Waals surface area contributed by atoms with Crippen LogP contribution in [0.25, 0.3) is 20.4 Å². The average molecular weight is 456 g/mol. The first-order valence-electron chi connectivity index (χ1n) is 8.97. The summed E-state index contributed by atoms with van der Waals surface area (Å²) in [6.45, 7) is 0.224. The van der Waals surface area contributed by atoms with Gasteiger partial charge in [0.05, 0.1) is 39.9 Å². The molecule has 0 atom stereocenters. The number of para-hydroxylation sites is 1. The zero-order valence-corrected chi connectivity index (χ0v) is 18.1. The van der Waals surface area contributed by atoms with Gasteiger partial charge in [0.15, 0.2) is 10.1 Å². The highest BCUT2D eigenvalue weighted by molar-refractivity contribution is 7.23. The molecule has 150 valence electrons. The number of methoxy groups -OCH3 is 1. The Hall–Kier alpha value is -2.94. The van der Waals surface area contributed by atoms with Crippen molar-refractivity contribution in [1.82, 2.24) is 9.97 Å². The molecule has 0 spiro atoms. The summed E-state index contributed by atoms with van der Waals surface area (Å²) in [6.07, 6.45) is 1.58. The van der Waals surface area contributed by atoms with E-state index in [1.54, 1.807) is 36.5 Å². The third-order valence-corrected chi connectivity index (χ3v) is 7.08. The van der Waals surface area contributed by atoms with E-state index >= 15 is 0 Å². The molecule has 0 saturated carbocycles. The van der Waals surface area contributed by atoms with Crippen LogP contribution in [0.2, 0.25) is 5.02 Å². The first-order chi connectivity index (χ1) is 14.6. The summed E-state index contributed by atoms with van der Waals surface area (Å²) in [5, 5.41) is 1.44. The van der Waals surface area contributed by atoms with E-state index in [4.69, 9.17) is 20.8 Å². The molecule has 0 aliphatic rings. The van der Waals surface area contributed by atoms with E-state index in [1.165, 1.54) is 22.7 Å². The molecule has 0 aliphatic heterocycles. The van der Waals surface area contributed by atoms with Gasteiger partial charge >= 0.3 is 0 Å². The van der Waals surface area contributed by atoms with Crippen molar-refractivity contribution in [1.29, 1.82) is 0 Å². The van der Waals surface area contributed by atoms with Crippen LogP contribution in [-0.4, -0.2) is 23.0 Å². The SMILES string of the molecule is COc1ccc(Cl)c2sc(N(Cc3ccco3)C(=O)c3nc4ccccc4s3)nc12. The number of hydrogen-bond acceptors (Lipinski definition) is 7. The smallest absolute Gasteiger partial charge is 0.289 e. The minimum Gasteiger partial charge on any atom is -0.494 e. The van der Waals surface area contributed by atoms with Crippen LogP contribution in [0, 0.1) is 0 Å². The third kappa shape index (κ3) is 3.32.